The van der Waals surface area contributed by atoms with Crippen LogP contribution in [0, 0.1) is 11.3 Å². The molecule has 0 heterocycles. The van der Waals surface area contributed by atoms with Gasteiger partial charge in [0.25, 0.3) is 0 Å². The van der Waals surface area contributed by atoms with Crippen LogP contribution in [-0.4, -0.2) is 23.0 Å². The van der Waals surface area contributed by atoms with E-state index in [0.717, 1.165) is 12.8 Å². The van der Waals surface area contributed by atoms with Crippen LogP contribution in [0.15, 0.2) is 0 Å². The average molecular weight is 257 g/mol. The Morgan fingerprint density at radius 3 is 2.22 bits per heavy atom. The molecular weight excluding hydrogens is 230 g/mol. The van der Waals surface area contributed by atoms with Gasteiger partial charge in [0.05, 0.1) is 0 Å². The van der Waals surface area contributed by atoms with E-state index in [1.165, 1.54) is 0 Å². The molecule has 0 radical (unpaired) electrons. The zero-order valence-electron chi connectivity index (χ0n) is 12.2. The summed E-state index contributed by atoms with van der Waals surface area (Å²) in [6, 6.07) is -0.746. The summed E-state index contributed by atoms with van der Waals surface area (Å²) in [6.07, 6.45) is 2.57. The number of hydrogen-bond acceptors (Lipinski definition) is 2. The fraction of sp³-hybridized carbons (Fsp3) is 0.857. The van der Waals surface area contributed by atoms with Crippen molar-refractivity contribution in [3.63, 3.8) is 0 Å². The fourth-order valence-electron chi connectivity index (χ4n) is 2.23. The molecule has 0 fully saturated rings. The molecule has 0 aliphatic rings. The zero-order chi connectivity index (χ0) is 14.3. The van der Waals surface area contributed by atoms with E-state index >= 15 is 0 Å². The van der Waals surface area contributed by atoms with Crippen molar-refractivity contribution in [2.75, 3.05) is 0 Å². The molecule has 0 aliphatic heterocycles. The van der Waals surface area contributed by atoms with Crippen LogP contribution >= 0.6 is 0 Å². The Kier molecular flexibility index (Phi) is 6.96. The lowest BCUT2D eigenvalue weighted by Gasteiger charge is -2.23. The predicted molar refractivity (Wildman–Crippen MR) is 72.3 cm³/mol. The van der Waals surface area contributed by atoms with Crippen LogP contribution in [0.1, 0.15) is 60.3 Å². The number of aliphatic carboxylic acids is 1. The highest BCUT2D eigenvalue weighted by atomic mass is 16.4. The first kappa shape index (κ1) is 16.9. The molecule has 0 bridgehead atoms. The van der Waals surface area contributed by atoms with Gasteiger partial charge in [-0.2, -0.15) is 0 Å². The second-order valence-electron chi connectivity index (χ2n) is 6.32. The van der Waals surface area contributed by atoms with E-state index in [9.17, 15) is 9.59 Å². The quantitative estimate of drug-likeness (QED) is 0.737. The highest BCUT2D eigenvalue weighted by molar-refractivity contribution is 5.83. The van der Waals surface area contributed by atoms with Gasteiger partial charge in [0, 0.05) is 6.42 Å². The molecule has 1 amide bonds. The second-order valence-corrected chi connectivity index (χ2v) is 6.32. The summed E-state index contributed by atoms with van der Waals surface area (Å²) in [6.45, 7) is 10.3. The van der Waals surface area contributed by atoms with Gasteiger partial charge >= 0.3 is 5.97 Å². The third-order valence-electron chi connectivity index (χ3n) is 2.71. The summed E-state index contributed by atoms with van der Waals surface area (Å²) in [5, 5.41) is 11.6. The molecule has 0 aromatic heterocycles. The zero-order valence-corrected chi connectivity index (χ0v) is 12.2. The standard InChI is InChI=1S/C14H27NO3/c1-6-7-11(13(17)18)15-12(16)8-10(2)9-14(3,4)5/h10-11H,6-9H2,1-5H3,(H,15,16)(H,17,18)/t10?,11-/m1/s1. The van der Waals surface area contributed by atoms with Crippen molar-refractivity contribution in [2.24, 2.45) is 11.3 Å². The monoisotopic (exact) mass is 257 g/mol. The summed E-state index contributed by atoms with van der Waals surface area (Å²) in [5.74, 6) is -0.845. The highest BCUT2D eigenvalue weighted by Gasteiger charge is 2.22. The van der Waals surface area contributed by atoms with Crippen LogP contribution in [0.3, 0.4) is 0 Å². The Hall–Kier alpha value is -1.06. The minimum absolute atomic E-state index is 0.160. The van der Waals surface area contributed by atoms with Crippen LogP contribution in [0.5, 0.6) is 0 Å². The number of rotatable bonds is 7. The van der Waals surface area contributed by atoms with E-state index in [0.29, 0.717) is 12.8 Å². The molecule has 0 aliphatic carbocycles. The van der Waals surface area contributed by atoms with Gasteiger partial charge in [-0.05, 0) is 24.2 Å². The van der Waals surface area contributed by atoms with Crippen molar-refractivity contribution >= 4 is 11.9 Å². The average Bonchev–Trinajstić information content (AvgIpc) is 2.13. The summed E-state index contributed by atoms with van der Waals surface area (Å²) < 4.78 is 0. The third kappa shape index (κ3) is 8.09. The molecule has 4 heteroatoms. The van der Waals surface area contributed by atoms with Crippen LogP contribution in [-0.2, 0) is 9.59 Å². The fourth-order valence-corrected chi connectivity index (χ4v) is 2.23. The number of carboxylic acid groups (broad SMARTS) is 1. The molecule has 106 valence electrons. The van der Waals surface area contributed by atoms with Crippen LogP contribution < -0.4 is 5.32 Å². The number of carbonyl (C=O) groups excluding carboxylic acids is 1. The third-order valence-corrected chi connectivity index (χ3v) is 2.71. The van der Waals surface area contributed by atoms with Gasteiger partial charge in [-0.1, -0.05) is 41.0 Å². The molecule has 0 saturated heterocycles. The SMILES string of the molecule is CCC[C@@H](NC(=O)CC(C)CC(C)(C)C)C(=O)O. The lowest BCUT2D eigenvalue weighted by atomic mass is 9.84. The Morgan fingerprint density at radius 2 is 1.83 bits per heavy atom. The van der Waals surface area contributed by atoms with Crippen molar-refractivity contribution in [1.29, 1.82) is 0 Å². The first-order valence-corrected chi connectivity index (χ1v) is 6.68. The van der Waals surface area contributed by atoms with Gasteiger partial charge in [-0.25, -0.2) is 4.79 Å². The number of carbonyl (C=O) groups is 2. The minimum Gasteiger partial charge on any atom is -0.480 e. The van der Waals surface area contributed by atoms with Crippen molar-refractivity contribution in [1.82, 2.24) is 5.32 Å². The van der Waals surface area contributed by atoms with E-state index < -0.39 is 12.0 Å². The van der Waals surface area contributed by atoms with E-state index in [-0.39, 0.29) is 17.2 Å². The molecule has 2 N–H and O–H groups in total. The molecule has 0 aromatic carbocycles. The van der Waals surface area contributed by atoms with Crippen molar-refractivity contribution < 1.29 is 14.7 Å². The van der Waals surface area contributed by atoms with Crippen molar-refractivity contribution in [2.45, 2.75) is 66.3 Å². The van der Waals surface area contributed by atoms with Gasteiger partial charge < -0.3 is 10.4 Å². The Labute approximate surface area is 110 Å². The first-order valence-electron chi connectivity index (χ1n) is 6.68. The minimum atomic E-state index is -0.950. The normalized spacial score (nSPS) is 14.9. The topological polar surface area (TPSA) is 66.4 Å². The van der Waals surface area contributed by atoms with Gasteiger partial charge in [0.2, 0.25) is 5.91 Å². The predicted octanol–water partition coefficient (Wildman–Crippen LogP) is 2.82. The molecule has 0 aromatic rings. The molecule has 18 heavy (non-hydrogen) atoms. The van der Waals surface area contributed by atoms with Crippen molar-refractivity contribution in [3.05, 3.63) is 0 Å². The maximum atomic E-state index is 11.8. The highest BCUT2D eigenvalue weighted by Crippen LogP contribution is 2.25. The molecular formula is C14H27NO3. The Morgan fingerprint density at radius 1 is 1.28 bits per heavy atom. The smallest absolute Gasteiger partial charge is 0.326 e. The number of amides is 1. The van der Waals surface area contributed by atoms with Crippen LogP contribution in [0.4, 0.5) is 0 Å². The summed E-state index contributed by atoms with van der Waals surface area (Å²) in [5.41, 5.74) is 0.190. The number of nitrogens with one attached hydrogen (secondary N) is 1. The van der Waals surface area contributed by atoms with E-state index in [2.05, 4.69) is 26.1 Å². The molecule has 0 rings (SSSR count). The summed E-state index contributed by atoms with van der Waals surface area (Å²) in [4.78, 5) is 22.7. The van der Waals surface area contributed by atoms with Crippen LogP contribution in [0.25, 0.3) is 0 Å². The number of carboxylic acids is 1. The lowest BCUT2D eigenvalue weighted by molar-refractivity contribution is -0.142. The van der Waals surface area contributed by atoms with Gasteiger partial charge in [-0.15, -0.1) is 0 Å². The molecule has 4 nitrogen and oxygen atoms in total. The number of hydrogen-bond donors (Lipinski definition) is 2. The van der Waals surface area contributed by atoms with Gasteiger partial charge in [-0.3, -0.25) is 4.79 Å². The summed E-state index contributed by atoms with van der Waals surface area (Å²) in [7, 11) is 0. The van der Waals surface area contributed by atoms with E-state index in [1.54, 1.807) is 0 Å². The Bertz CT molecular complexity index is 281. The maximum Gasteiger partial charge on any atom is 0.326 e. The van der Waals surface area contributed by atoms with E-state index in [4.69, 9.17) is 5.11 Å². The molecule has 2 atom stereocenters. The van der Waals surface area contributed by atoms with Crippen molar-refractivity contribution in [3.8, 4) is 0 Å². The second kappa shape index (κ2) is 7.39. The first-order chi connectivity index (χ1) is 8.15. The Balaban J connectivity index is 4.20. The molecule has 0 spiro atoms. The van der Waals surface area contributed by atoms with Gasteiger partial charge in [0.1, 0.15) is 6.04 Å². The molecule has 0 saturated carbocycles. The van der Waals surface area contributed by atoms with E-state index in [1.807, 2.05) is 13.8 Å². The largest absolute Gasteiger partial charge is 0.480 e. The summed E-state index contributed by atoms with van der Waals surface area (Å²) >= 11 is 0. The van der Waals surface area contributed by atoms with Gasteiger partial charge in [0.15, 0.2) is 0 Å². The lowest BCUT2D eigenvalue weighted by Crippen LogP contribution is -2.41. The molecule has 1 unspecified atom stereocenters. The van der Waals surface area contributed by atoms with Crippen LogP contribution in [0.2, 0.25) is 0 Å². The maximum absolute atomic E-state index is 11.8.